The fourth-order valence-electron chi connectivity index (χ4n) is 3.20. The monoisotopic (exact) mass is 364 g/mol. The fraction of sp³-hybridized carbons (Fsp3) is 0.316. The van der Waals surface area contributed by atoms with E-state index in [1.54, 1.807) is 17.3 Å². The van der Waals surface area contributed by atoms with Crippen molar-refractivity contribution in [2.45, 2.75) is 25.8 Å². The molecular weight excluding hydrogens is 344 g/mol. The number of likely N-dealkylation sites (tertiary alicyclic amines) is 1. The van der Waals surface area contributed by atoms with Crippen LogP contribution in [-0.4, -0.2) is 44.0 Å². The Bertz CT molecular complexity index is 909. The van der Waals surface area contributed by atoms with Gasteiger partial charge in [0.1, 0.15) is 6.04 Å². The van der Waals surface area contributed by atoms with Gasteiger partial charge >= 0.3 is 0 Å². The molecule has 3 heterocycles. The third-order valence-electron chi connectivity index (χ3n) is 4.51. The first-order valence-electron chi connectivity index (χ1n) is 9.02. The average Bonchev–Trinajstić information content (AvgIpc) is 3.38. The molecule has 1 aliphatic heterocycles. The van der Waals surface area contributed by atoms with Crippen LogP contribution in [-0.2, 0) is 0 Å². The SMILES string of the molecule is CCNc1ncc(C(=O)N2CCCC2c2nc(-c3ccccc3)no2)cn1. The number of hydrogen-bond acceptors (Lipinski definition) is 7. The van der Waals surface area contributed by atoms with Gasteiger partial charge in [-0.25, -0.2) is 9.97 Å². The van der Waals surface area contributed by atoms with E-state index in [2.05, 4.69) is 25.4 Å². The molecule has 8 nitrogen and oxygen atoms in total. The van der Waals surface area contributed by atoms with Crippen molar-refractivity contribution in [2.75, 3.05) is 18.4 Å². The van der Waals surface area contributed by atoms with Crippen molar-refractivity contribution in [2.24, 2.45) is 0 Å². The molecule has 3 aromatic rings. The second-order valence-electron chi connectivity index (χ2n) is 6.30. The van der Waals surface area contributed by atoms with Crippen molar-refractivity contribution in [1.29, 1.82) is 0 Å². The Morgan fingerprint density at radius 3 is 2.78 bits per heavy atom. The number of nitrogens with one attached hydrogen (secondary N) is 1. The van der Waals surface area contributed by atoms with E-state index in [1.807, 2.05) is 37.3 Å². The minimum Gasteiger partial charge on any atom is -0.355 e. The summed E-state index contributed by atoms with van der Waals surface area (Å²) >= 11 is 0. The zero-order valence-corrected chi connectivity index (χ0v) is 15.0. The van der Waals surface area contributed by atoms with Gasteiger partial charge in [-0.15, -0.1) is 0 Å². The zero-order valence-electron chi connectivity index (χ0n) is 15.0. The highest BCUT2D eigenvalue weighted by molar-refractivity contribution is 5.94. The Labute approximate surface area is 156 Å². The Kier molecular flexibility index (Phi) is 4.78. The number of benzene rings is 1. The van der Waals surface area contributed by atoms with Gasteiger partial charge in [0.25, 0.3) is 5.91 Å². The molecule has 1 atom stereocenters. The third-order valence-corrected chi connectivity index (χ3v) is 4.51. The highest BCUT2D eigenvalue weighted by Gasteiger charge is 2.34. The van der Waals surface area contributed by atoms with Crippen LogP contribution in [0.25, 0.3) is 11.4 Å². The van der Waals surface area contributed by atoms with Gasteiger partial charge < -0.3 is 14.7 Å². The van der Waals surface area contributed by atoms with E-state index in [0.717, 1.165) is 24.9 Å². The zero-order chi connectivity index (χ0) is 18.6. The summed E-state index contributed by atoms with van der Waals surface area (Å²) in [7, 11) is 0. The number of anilines is 1. The molecule has 0 spiro atoms. The first kappa shape index (κ1) is 17.1. The summed E-state index contributed by atoms with van der Waals surface area (Å²) in [4.78, 5) is 27.5. The van der Waals surface area contributed by atoms with Crippen LogP contribution in [0.5, 0.6) is 0 Å². The molecule has 1 N–H and O–H groups in total. The van der Waals surface area contributed by atoms with Crippen molar-refractivity contribution in [3.05, 3.63) is 54.2 Å². The van der Waals surface area contributed by atoms with E-state index < -0.39 is 0 Å². The first-order chi connectivity index (χ1) is 13.3. The highest BCUT2D eigenvalue weighted by atomic mass is 16.5. The van der Waals surface area contributed by atoms with Crippen LogP contribution in [0.3, 0.4) is 0 Å². The van der Waals surface area contributed by atoms with Gasteiger partial charge in [0.2, 0.25) is 17.7 Å². The predicted octanol–water partition coefficient (Wildman–Crippen LogP) is 2.94. The number of aromatic nitrogens is 4. The maximum absolute atomic E-state index is 12.9. The molecule has 1 amide bonds. The second kappa shape index (κ2) is 7.53. The van der Waals surface area contributed by atoms with Crippen molar-refractivity contribution in [3.8, 4) is 11.4 Å². The molecule has 1 aromatic carbocycles. The molecule has 0 aliphatic carbocycles. The Balaban J connectivity index is 1.54. The lowest BCUT2D eigenvalue weighted by Gasteiger charge is -2.21. The van der Waals surface area contributed by atoms with Gasteiger partial charge in [0.15, 0.2) is 0 Å². The second-order valence-corrected chi connectivity index (χ2v) is 6.30. The van der Waals surface area contributed by atoms with E-state index in [1.165, 1.54) is 0 Å². The standard InChI is InChI=1S/C19H20N6O2/c1-2-20-19-21-11-14(12-22-19)18(26)25-10-6-9-15(25)17-23-16(24-27-17)13-7-4-3-5-8-13/h3-5,7-8,11-12,15H,2,6,9-10H2,1H3,(H,20,21,22). The van der Waals surface area contributed by atoms with E-state index in [0.29, 0.717) is 29.8 Å². The van der Waals surface area contributed by atoms with E-state index >= 15 is 0 Å². The van der Waals surface area contributed by atoms with E-state index in [-0.39, 0.29) is 11.9 Å². The van der Waals surface area contributed by atoms with Crippen molar-refractivity contribution in [1.82, 2.24) is 25.0 Å². The maximum Gasteiger partial charge on any atom is 0.257 e. The van der Waals surface area contributed by atoms with Crippen LogP contribution in [0.15, 0.2) is 47.2 Å². The molecule has 1 saturated heterocycles. The Morgan fingerprint density at radius 2 is 2.04 bits per heavy atom. The van der Waals surface area contributed by atoms with E-state index in [4.69, 9.17) is 4.52 Å². The molecule has 138 valence electrons. The molecule has 2 aromatic heterocycles. The Morgan fingerprint density at radius 1 is 1.26 bits per heavy atom. The number of carbonyl (C=O) groups excluding carboxylic acids is 1. The van der Waals surface area contributed by atoms with Crippen molar-refractivity contribution in [3.63, 3.8) is 0 Å². The van der Waals surface area contributed by atoms with Crippen molar-refractivity contribution < 1.29 is 9.32 Å². The molecular formula is C19H20N6O2. The minimum absolute atomic E-state index is 0.125. The average molecular weight is 364 g/mol. The van der Waals surface area contributed by atoms with Gasteiger partial charge in [-0.2, -0.15) is 4.98 Å². The van der Waals surface area contributed by atoms with Gasteiger partial charge in [-0.05, 0) is 19.8 Å². The van der Waals surface area contributed by atoms with E-state index in [9.17, 15) is 4.79 Å². The van der Waals surface area contributed by atoms with Crippen LogP contribution < -0.4 is 5.32 Å². The maximum atomic E-state index is 12.9. The number of hydrogen-bond donors (Lipinski definition) is 1. The molecule has 8 heteroatoms. The molecule has 0 saturated carbocycles. The first-order valence-corrected chi connectivity index (χ1v) is 9.02. The largest absolute Gasteiger partial charge is 0.355 e. The fourth-order valence-corrected chi connectivity index (χ4v) is 3.20. The molecule has 1 fully saturated rings. The smallest absolute Gasteiger partial charge is 0.257 e. The topological polar surface area (TPSA) is 97.0 Å². The van der Waals surface area contributed by atoms with Crippen LogP contribution in [0, 0.1) is 0 Å². The normalized spacial score (nSPS) is 16.5. The molecule has 27 heavy (non-hydrogen) atoms. The van der Waals surface area contributed by atoms with Crippen molar-refractivity contribution >= 4 is 11.9 Å². The summed E-state index contributed by atoms with van der Waals surface area (Å²) in [6, 6.07) is 9.41. The van der Waals surface area contributed by atoms with Gasteiger partial charge in [0.05, 0.1) is 5.56 Å². The molecule has 4 rings (SSSR count). The van der Waals surface area contributed by atoms with Gasteiger partial charge in [0, 0.05) is 31.0 Å². The molecule has 1 unspecified atom stereocenters. The third kappa shape index (κ3) is 3.51. The van der Waals surface area contributed by atoms with Gasteiger partial charge in [-0.3, -0.25) is 4.79 Å². The lowest BCUT2D eigenvalue weighted by molar-refractivity contribution is 0.0709. The summed E-state index contributed by atoms with van der Waals surface area (Å²) in [5, 5.41) is 7.09. The summed E-state index contributed by atoms with van der Waals surface area (Å²) in [5.41, 5.74) is 1.34. The van der Waals surface area contributed by atoms with Crippen LogP contribution in [0.4, 0.5) is 5.95 Å². The van der Waals surface area contributed by atoms with Crippen LogP contribution >= 0.6 is 0 Å². The molecule has 0 radical (unpaired) electrons. The van der Waals surface area contributed by atoms with Crippen LogP contribution in [0.1, 0.15) is 42.1 Å². The summed E-state index contributed by atoms with van der Waals surface area (Å²) in [5.74, 6) is 1.38. The predicted molar refractivity (Wildman–Crippen MR) is 98.9 cm³/mol. The Hall–Kier alpha value is -3.29. The van der Waals surface area contributed by atoms with Gasteiger partial charge in [-0.1, -0.05) is 35.5 Å². The van der Waals surface area contributed by atoms with Crippen LogP contribution in [0.2, 0.25) is 0 Å². The summed E-state index contributed by atoms with van der Waals surface area (Å²) in [6.07, 6.45) is 4.77. The number of carbonyl (C=O) groups is 1. The minimum atomic E-state index is -0.226. The summed E-state index contributed by atoms with van der Waals surface area (Å²) in [6.45, 7) is 3.33. The molecule has 0 bridgehead atoms. The number of amides is 1. The summed E-state index contributed by atoms with van der Waals surface area (Å²) < 4.78 is 5.47. The highest BCUT2D eigenvalue weighted by Crippen LogP contribution is 2.33. The lowest BCUT2D eigenvalue weighted by atomic mass is 10.2. The quantitative estimate of drug-likeness (QED) is 0.743. The molecule has 1 aliphatic rings. The number of nitrogens with zero attached hydrogens (tertiary/aromatic N) is 5. The number of rotatable bonds is 5. The lowest BCUT2D eigenvalue weighted by Crippen LogP contribution is -2.31.